The summed E-state index contributed by atoms with van der Waals surface area (Å²) in [5.41, 5.74) is 2.93. The SMILES string of the molecule is COc1ccc(CC(=O)OC(C(=O)Nc2ccc(C)cc2)c2ccccc2)c(OC)c1. The summed E-state index contributed by atoms with van der Waals surface area (Å²) < 4.78 is 16.1. The summed E-state index contributed by atoms with van der Waals surface area (Å²) in [6.07, 6.45) is -1.13. The van der Waals surface area contributed by atoms with Crippen molar-refractivity contribution in [3.05, 3.63) is 89.5 Å². The van der Waals surface area contributed by atoms with Gasteiger partial charge in [-0.15, -0.1) is 0 Å². The topological polar surface area (TPSA) is 73.9 Å². The van der Waals surface area contributed by atoms with Crippen molar-refractivity contribution in [1.82, 2.24) is 0 Å². The van der Waals surface area contributed by atoms with Crippen molar-refractivity contribution >= 4 is 17.6 Å². The largest absolute Gasteiger partial charge is 0.497 e. The van der Waals surface area contributed by atoms with Crippen LogP contribution in [0.15, 0.2) is 72.8 Å². The van der Waals surface area contributed by atoms with Gasteiger partial charge in [0, 0.05) is 22.9 Å². The van der Waals surface area contributed by atoms with Crippen LogP contribution in [-0.2, 0) is 20.7 Å². The number of rotatable bonds is 8. The molecule has 3 aromatic rings. The third-order valence-electron chi connectivity index (χ3n) is 4.74. The van der Waals surface area contributed by atoms with Gasteiger partial charge in [-0.25, -0.2) is 0 Å². The number of anilines is 1. The number of carbonyl (C=O) groups is 2. The minimum atomic E-state index is -1.08. The fourth-order valence-corrected chi connectivity index (χ4v) is 3.07. The lowest BCUT2D eigenvalue weighted by Gasteiger charge is -2.19. The molecule has 0 heterocycles. The smallest absolute Gasteiger partial charge is 0.311 e. The first-order valence-electron chi connectivity index (χ1n) is 9.83. The first kappa shape index (κ1) is 21.9. The number of methoxy groups -OCH3 is 2. The number of aryl methyl sites for hydroxylation is 1. The van der Waals surface area contributed by atoms with Gasteiger partial charge >= 0.3 is 5.97 Å². The van der Waals surface area contributed by atoms with Gasteiger partial charge in [-0.05, 0) is 25.1 Å². The molecule has 1 amide bonds. The average Bonchev–Trinajstić information content (AvgIpc) is 2.79. The third-order valence-corrected chi connectivity index (χ3v) is 4.74. The highest BCUT2D eigenvalue weighted by molar-refractivity contribution is 5.96. The zero-order chi connectivity index (χ0) is 22.2. The summed E-state index contributed by atoms with van der Waals surface area (Å²) in [5.74, 6) is 0.159. The molecule has 31 heavy (non-hydrogen) atoms. The van der Waals surface area contributed by atoms with Crippen LogP contribution in [0.3, 0.4) is 0 Å². The van der Waals surface area contributed by atoms with Crippen LogP contribution in [0.1, 0.15) is 22.8 Å². The molecule has 0 saturated carbocycles. The zero-order valence-corrected chi connectivity index (χ0v) is 17.8. The number of hydrogen-bond acceptors (Lipinski definition) is 5. The highest BCUT2D eigenvalue weighted by atomic mass is 16.5. The Morgan fingerprint density at radius 2 is 1.61 bits per heavy atom. The van der Waals surface area contributed by atoms with Crippen molar-refractivity contribution in [2.75, 3.05) is 19.5 Å². The van der Waals surface area contributed by atoms with E-state index in [-0.39, 0.29) is 6.42 Å². The van der Waals surface area contributed by atoms with E-state index < -0.39 is 18.0 Å². The van der Waals surface area contributed by atoms with Crippen LogP contribution in [0.25, 0.3) is 0 Å². The van der Waals surface area contributed by atoms with Gasteiger partial charge in [0.2, 0.25) is 6.10 Å². The number of carbonyl (C=O) groups excluding carboxylic acids is 2. The second-order valence-corrected chi connectivity index (χ2v) is 6.99. The van der Waals surface area contributed by atoms with E-state index in [1.807, 2.05) is 25.1 Å². The monoisotopic (exact) mass is 419 g/mol. The van der Waals surface area contributed by atoms with Crippen molar-refractivity contribution in [2.45, 2.75) is 19.4 Å². The Balaban J connectivity index is 1.78. The van der Waals surface area contributed by atoms with Gasteiger partial charge in [0.25, 0.3) is 5.91 Å². The lowest BCUT2D eigenvalue weighted by atomic mass is 10.1. The van der Waals surface area contributed by atoms with Crippen molar-refractivity contribution in [3.8, 4) is 11.5 Å². The van der Waals surface area contributed by atoms with Crippen molar-refractivity contribution < 1.29 is 23.8 Å². The Bertz CT molecular complexity index is 1030. The maximum Gasteiger partial charge on any atom is 0.311 e. The summed E-state index contributed by atoms with van der Waals surface area (Å²) in [6, 6.07) is 21.5. The van der Waals surface area contributed by atoms with Crippen LogP contribution in [-0.4, -0.2) is 26.1 Å². The molecule has 1 N–H and O–H groups in total. The van der Waals surface area contributed by atoms with E-state index in [2.05, 4.69) is 5.32 Å². The molecular weight excluding hydrogens is 394 g/mol. The van der Waals surface area contributed by atoms with Crippen LogP contribution in [0.2, 0.25) is 0 Å². The van der Waals surface area contributed by atoms with Crippen LogP contribution >= 0.6 is 0 Å². The summed E-state index contributed by atoms with van der Waals surface area (Å²) in [6.45, 7) is 1.97. The van der Waals surface area contributed by atoms with Gasteiger partial charge in [0.15, 0.2) is 0 Å². The second-order valence-electron chi connectivity index (χ2n) is 6.99. The Morgan fingerprint density at radius 1 is 0.903 bits per heavy atom. The van der Waals surface area contributed by atoms with Crippen LogP contribution in [0, 0.1) is 6.92 Å². The average molecular weight is 419 g/mol. The van der Waals surface area contributed by atoms with E-state index in [4.69, 9.17) is 14.2 Å². The predicted octanol–water partition coefficient (Wildman–Crippen LogP) is 4.48. The molecule has 1 unspecified atom stereocenters. The Labute approximate surface area is 181 Å². The first-order valence-corrected chi connectivity index (χ1v) is 9.83. The number of amides is 1. The van der Waals surface area contributed by atoms with E-state index in [9.17, 15) is 9.59 Å². The van der Waals surface area contributed by atoms with Gasteiger partial charge in [-0.3, -0.25) is 9.59 Å². The Morgan fingerprint density at radius 3 is 2.26 bits per heavy atom. The molecule has 6 heteroatoms. The Hall–Kier alpha value is -3.80. The first-order chi connectivity index (χ1) is 15.0. The van der Waals surface area contributed by atoms with Gasteiger partial charge < -0.3 is 19.5 Å². The third kappa shape index (κ3) is 5.85. The minimum Gasteiger partial charge on any atom is -0.497 e. The van der Waals surface area contributed by atoms with Crippen LogP contribution in [0.4, 0.5) is 5.69 Å². The van der Waals surface area contributed by atoms with Crippen molar-refractivity contribution in [1.29, 1.82) is 0 Å². The van der Waals surface area contributed by atoms with Gasteiger partial charge in [0.05, 0.1) is 20.6 Å². The molecule has 6 nitrogen and oxygen atoms in total. The number of hydrogen-bond donors (Lipinski definition) is 1. The molecule has 0 aliphatic carbocycles. The van der Waals surface area contributed by atoms with Crippen LogP contribution in [0.5, 0.6) is 11.5 Å². The minimum absolute atomic E-state index is 0.0473. The molecule has 0 saturated heterocycles. The summed E-state index contributed by atoms with van der Waals surface area (Å²) in [4.78, 5) is 25.7. The van der Waals surface area contributed by atoms with Gasteiger partial charge in [-0.2, -0.15) is 0 Å². The van der Waals surface area contributed by atoms with E-state index in [1.54, 1.807) is 61.7 Å². The number of ether oxygens (including phenoxy) is 3. The summed E-state index contributed by atoms with van der Waals surface area (Å²) >= 11 is 0. The lowest BCUT2D eigenvalue weighted by Crippen LogP contribution is -2.26. The van der Waals surface area contributed by atoms with Crippen molar-refractivity contribution in [3.63, 3.8) is 0 Å². The molecule has 0 spiro atoms. The van der Waals surface area contributed by atoms with E-state index >= 15 is 0 Å². The standard InChI is InChI=1S/C25H25NO5/c1-17-9-12-20(13-10-17)26-25(28)24(18-7-5-4-6-8-18)31-23(27)15-19-11-14-21(29-2)16-22(19)30-3/h4-14,16,24H,15H2,1-3H3,(H,26,28). The Kier molecular flexibility index (Phi) is 7.27. The molecule has 0 bridgehead atoms. The molecule has 0 radical (unpaired) electrons. The van der Waals surface area contributed by atoms with E-state index in [0.29, 0.717) is 28.3 Å². The maximum atomic E-state index is 13.0. The molecule has 0 aromatic heterocycles. The van der Waals surface area contributed by atoms with Gasteiger partial charge in [-0.1, -0.05) is 54.1 Å². The number of esters is 1. The molecule has 1 atom stereocenters. The van der Waals surface area contributed by atoms with E-state index in [0.717, 1.165) is 5.56 Å². The number of nitrogens with one attached hydrogen (secondary N) is 1. The van der Waals surface area contributed by atoms with Crippen LogP contribution < -0.4 is 14.8 Å². The van der Waals surface area contributed by atoms with Gasteiger partial charge in [0.1, 0.15) is 11.5 Å². The summed E-state index contributed by atoms with van der Waals surface area (Å²) in [5, 5.41) is 2.82. The highest BCUT2D eigenvalue weighted by Gasteiger charge is 2.25. The molecule has 160 valence electrons. The quantitative estimate of drug-likeness (QED) is 0.545. The molecule has 3 aromatic carbocycles. The second kappa shape index (κ2) is 10.3. The fourth-order valence-electron chi connectivity index (χ4n) is 3.07. The number of benzene rings is 3. The molecule has 3 rings (SSSR count). The summed E-state index contributed by atoms with van der Waals surface area (Å²) in [7, 11) is 3.07. The normalized spacial score (nSPS) is 11.3. The zero-order valence-electron chi connectivity index (χ0n) is 17.8. The maximum absolute atomic E-state index is 13.0. The molecule has 0 aliphatic heterocycles. The fraction of sp³-hybridized carbons (Fsp3) is 0.200. The highest BCUT2D eigenvalue weighted by Crippen LogP contribution is 2.26. The molecule has 0 aliphatic rings. The molecule has 0 fully saturated rings. The lowest BCUT2D eigenvalue weighted by molar-refractivity contribution is -0.154. The van der Waals surface area contributed by atoms with Crippen molar-refractivity contribution in [2.24, 2.45) is 0 Å². The predicted molar refractivity (Wildman–Crippen MR) is 118 cm³/mol. The molecular formula is C25H25NO5. The van der Waals surface area contributed by atoms with E-state index in [1.165, 1.54) is 7.11 Å².